The standard InChI is InChI=1S/C19H36N2/c1-15-8-10-16(11-9-15)12-14-21-19-7-4-5-17(19)18-6-2-3-13-20-18/h15-21H,2-14H2,1H3. The molecule has 0 bridgehead atoms. The van der Waals surface area contributed by atoms with Gasteiger partial charge in [0.05, 0.1) is 0 Å². The molecule has 2 heteroatoms. The molecule has 0 radical (unpaired) electrons. The predicted octanol–water partition coefficient (Wildman–Crippen LogP) is 4.10. The molecule has 2 N–H and O–H groups in total. The Morgan fingerprint density at radius 1 is 0.905 bits per heavy atom. The summed E-state index contributed by atoms with van der Waals surface area (Å²) in [5.41, 5.74) is 0. The van der Waals surface area contributed by atoms with E-state index in [0.29, 0.717) is 0 Å². The molecule has 0 aromatic heterocycles. The van der Waals surface area contributed by atoms with Crippen molar-refractivity contribution >= 4 is 0 Å². The van der Waals surface area contributed by atoms with Crippen molar-refractivity contribution in [3.63, 3.8) is 0 Å². The van der Waals surface area contributed by atoms with Gasteiger partial charge in [0.2, 0.25) is 0 Å². The van der Waals surface area contributed by atoms with Gasteiger partial charge in [0.15, 0.2) is 0 Å². The van der Waals surface area contributed by atoms with Gasteiger partial charge >= 0.3 is 0 Å². The molecule has 0 spiro atoms. The fourth-order valence-electron chi connectivity index (χ4n) is 5.06. The molecular formula is C19H36N2. The van der Waals surface area contributed by atoms with E-state index in [1.54, 1.807) is 0 Å². The molecule has 0 amide bonds. The van der Waals surface area contributed by atoms with Crippen LogP contribution in [0.4, 0.5) is 0 Å². The van der Waals surface area contributed by atoms with Gasteiger partial charge in [-0.05, 0) is 62.9 Å². The van der Waals surface area contributed by atoms with Gasteiger partial charge in [0.1, 0.15) is 0 Å². The van der Waals surface area contributed by atoms with Crippen LogP contribution in [-0.2, 0) is 0 Å². The summed E-state index contributed by atoms with van der Waals surface area (Å²) in [6.07, 6.45) is 15.9. The van der Waals surface area contributed by atoms with Crippen molar-refractivity contribution in [2.45, 2.75) is 89.6 Å². The van der Waals surface area contributed by atoms with E-state index in [2.05, 4.69) is 17.6 Å². The lowest BCUT2D eigenvalue weighted by Crippen LogP contribution is -2.47. The van der Waals surface area contributed by atoms with E-state index < -0.39 is 0 Å². The molecule has 1 heterocycles. The third-order valence-corrected chi connectivity index (χ3v) is 6.53. The molecule has 3 aliphatic rings. The molecule has 2 saturated carbocycles. The second kappa shape index (κ2) is 7.97. The Labute approximate surface area is 131 Å². The van der Waals surface area contributed by atoms with E-state index in [0.717, 1.165) is 29.8 Å². The zero-order valence-corrected chi connectivity index (χ0v) is 14.1. The van der Waals surface area contributed by atoms with Gasteiger partial charge in [-0.15, -0.1) is 0 Å². The highest BCUT2D eigenvalue weighted by molar-refractivity contribution is 4.92. The van der Waals surface area contributed by atoms with Gasteiger partial charge in [0, 0.05) is 12.1 Å². The first-order chi connectivity index (χ1) is 10.3. The third kappa shape index (κ3) is 4.45. The summed E-state index contributed by atoms with van der Waals surface area (Å²) in [5, 5.41) is 7.74. The van der Waals surface area contributed by atoms with Crippen LogP contribution in [0.1, 0.15) is 77.6 Å². The van der Waals surface area contributed by atoms with E-state index in [9.17, 15) is 0 Å². The zero-order chi connectivity index (χ0) is 14.5. The van der Waals surface area contributed by atoms with Crippen LogP contribution in [0.3, 0.4) is 0 Å². The van der Waals surface area contributed by atoms with E-state index >= 15 is 0 Å². The Kier molecular flexibility index (Phi) is 5.99. The first-order valence-electron chi connectivity index (χ1n) is 9.79. The monoisotopic (exact) mass is 292 g/mol. The van der Waals surface area contributed by atoms with Crippen LogP contribution in [-0.4, -0.2) is 25.2 Å². The minimum absolute atomic E-state index is 0.808. The third-order valence-electron chi connectivity index (χ3n) is 6.53. The van der Waals surface area contributed by atoms with Crippen molar-refractivity contribution in [3.8, 4) is 0 Å². The summed E-state index contributed by atoms with van der Waals surface area (Å²) in [5.74, 6) is 2.92. The second-order valence-corrected chi connectivity index (χ2v) is 8.13. The number of rotatable bonds is 5. The quantitative estimate of drug-likeness (QED) is 0.797. The van der Waals surface area contributed by atoms with Crippen molar-refractivity contribution in [3.05, 3.63) is 0 Å². The van der Waals surface area contributed by atoms with Gasteiger partial charge in [-0.25, -0.2) is 0 Å². The van der Waals surface area contributed by atoms with E-state index in [-0.39, 0.29) is 0 Å². The van der Waals surface area contributed by atoms with Gasteiger partial charge in [-0.3, -0.25) is 0 Å². The van der Waals surface area contributed by atoms with Gasteiger partial charge < -0.3 is 10.6 Å². The van der Waals surface area contributed by atoms with Crippen LogP contribution < -0.4 is 10.6 Å². The van der Waals surface area contributed by atoms with Crippen LogP contribution >= 0.6 is 0 Å². The molecular weight excluding hydrogens is 256 g/mol. The molecule has 0 aromatic rings. The predicted molar refractivity (Wildman–Crippen MR) is 90.5 cm³/mol. The first-order valence-corrected chi connectivity index (χ1v) is 9.79. The lowest BCUT2D eigenvalue weighted by Gasteiger charge is -2.33. The molecule has 2 nitrogen and oxygen atoms in total. The summed E-state index contributed by atoms with van der Waals surface area (Å²) in [6, 6.07) is 1.62. The highest BCUT2D eigenvalue weighted by Gasteiger charge is 2.33. The van der Waals surface area contributed by atoms with Crippen LogP contribution in [0, 0.1) is 17.8 Å². The molecule has 3 rings (SSSR count). The van der Waals surface area contributed by atoms with Crippen molar-refractivity contribution in [2.75, 3.05) is 13.1 Å². The normalized spacial score (nSPS) is 41.3. The molecule has 1 saturated heterocycles. The van der Waals surface area contributed by atoms with Gasteiger partial charge in [0.25, 0.3) is 0 Å². The Bertz CT molecular complexity index is 290. The minimum atomic E-state index is 0.808. The van der Waals surface area contributed by atoms with Gasteiger partial charge in [-0.2, -0.15) is 0 Å². The van der Waals surface area contributed by atoms with Gasteiger partial charge in [-0.1, -0.05) is 45.4 Å². The minimum Gasteiger partial charge on any atom is -0.314 e. The second-order valence-electron chi connectivity index (χ2n) is 8.13. The van der Waals surface area contributed by atoms with Crippen molar-refractivity contribution < 1.29 is 0 Å². The highest BCUT2D eigenvalue weighted by Crippen LogP contribution is 2.33. The van der Waals surface area contributed by atoms with E-state index in [4.69, 9.17) is 0 Å². The SMILES string of the molecule is CC1CCC(CCNC2CCCC2C2CCCCN2)CC1. The molecule has 21 heavy (non-hydrogen) atoms. The topological polar surface area (TPSA) is 24.1 Å². The average Bonchev–Trinajstić information content (AvgIpc) is 2.99. The summed E-state index contributed by atoms with van der Waals surface area (Å²) in [7, 11) is 0. The van der Waals surface area contributed by atoms with Crippen molar-refractivity contribution in [2.24, 2.45) is 17.8 Å². The Balaban J connectivity index is 1.37. The highest BCUT2D eigenvalue weighted by atomic mass is 15.0. The first kappa shape index (κ1) is 15.8. The van der Waals surface area contributed by atoms with Crippen LogP contribution in [0.2, 0.25) is 0 Å². The molecule has 122 valence electrons. The lowest BCUT2D eigenvalue weighted by atomic mass is 9.81. The molecule has 1 aliphatic heterocycles. The Morgan fingerprint density at radius 2 is 1.76 bits per heavy atom. The molecule has 3 fully saturated rings. The summed E-state index contributed by atoms with van der Waals surface area (Å²) >= 11 is 0. The molecule has 3 atom stereocenters. The fourth-order valence-corrected chi connectivity index (χ4v) is 5.06. The maximum absolute atomic E-state index is 3.95. The van der Waals surface area contributed by atoms with Crippen LogP contribution in [0.15, 0.2) is 0 Å². The number of piperidine rings is 1. The number of hydrogen-bond donors (Lipinski definition) is 2. The van der Waals surface area contributed by atoms with E-state index in [1.807, 2.05) is 0 Å². The van der Waals surface area contributed by atoms with Crippen molar-refractivity contribution in [1.82, 2.24) is 10.6 Å². The van der Waals surface area contributed by atoms with Crippen LogP contribution in [0.25, 0.3) is 0 Å². The molecule has 0 aromatic carbocycles. The maximum Gasteiger partial charge on any atom is 0.0110 e. The number of hydrogen-bond acceptors (Lipinski definition) is 2. The van der Waals surface area contributed by atoms with Crippen LogP contribution in [0.5, 0.6) is 0 Å². The van der Waals surface area contributed by atoms with Crippen molar-refractivity contribution in [1.29, 1.82) is 0 Å². The number of nitrogens with one attached hydrogen (secondary N) is 2. The Morgan fingerprint density at radius 3 is 2.52 bits per heavy atom. The lowest BCUT2D eigenvalue weighted by molar-refractivity contribution is 0.243. The summed E-state index contributed by atoms with van der Waals surface area (Å²) in [4.78, 5) is 0. The average molecular weight is 293 g/mol. The maximum atomic E-state index is 3.95. The molecule has 3 unspecified atom stereocenters. The Hall–Kier alpha value is -0.0800. The smallest absolute Gasteiger partial charge is 0.0110 e. The largest absolute Gasteiger partial charge is 0.314 e. The molecule has 2 aliphatic carbocycles. The fraction of sp³-hybridized carbons (Fsp3) is 1.00. The summed E-state index contributed by atoms with van der Waals surface area (Å²) < 4.78 is 0. The summed E-state index contributed by atoms with van der Waals surface area (Å²) in [6.45, 7) is 4.95. The zero-order valence-electron chi connectivity index (χ0n) is 14.1. The van der Waals surface area contributed by atoms with E-state index in [1.165, 1.54) is 83.7 Å².